The molecular weight excluding hydrogens is 244 g/mol. The Morgan fingerprint density at radius 3 is 2.94 bits per heavy atom. The monoisotopic (exact) mass is 262 g/mol. The number of methoxy groups -OCH3 is 1. The van der Waals surface area contributed by atoms with E-state index < -0.39 is 0 Å². The molecule has 1 aromatic heterocycles. The van der Waals surface area contributed by atoms with Crippen LogP contribution in [0.15, 0.2) is 35.8 Å². The smallest absolute Gasteiger partial charge is 0.119 e. The van der Waals surface area contributed by atoms with Crippen LogP contribution in [-0.4, -0.2) is 24.0 Å². The summed E-state index contributed by atoms with van der Waals surface area (Å²) < 4.78 is 5.26. The van der Waals surface area contributed by atoms with Crippen molar-refractivity contribution in [2.24, 2.45) is 0 Å². The van der Waals surface area contributed by atoms with E-state index in [2.05, 4.69) is 36.0 Å². The van der Waals surface area contributed by atoms with Gasteiger partial charge in [-0.1, -0.05) is 12.1 Å². The van der Waals surface area contributed by atoms with Crippen molar-refractivity contribution in [3.8, 4) is 5.75 Å². The Balaban J connectivity index is 2.07. The molecule has 0 spiro atoms. The van der Waals surface area contributed by atoms with Crippen molar-refractivity contribution in [3.63, 3.8) is 0 Å². The maximum atomic E-state index is 5.26. The molecule has 0 fully saturated rings. The van der Waals surface area contributed by atoms with Crippen molar-refractivity contribution < 1.29 is 4.74 Å². The zero-order valence-electron chi connectivity index (χ0n) is 11.0. The maximum Gasteiger partial charge on any atom is 0.119 e. The lowest BCUT2D eigenvalue weighted by molar-refractivity contribution is 0.252. The standard InChI is InChI=1S/C14H18N2OS/c1-11(12-5-4-6-13(9-12)17-3)16(2)10-14-15-7-8-18-14/h4-9,11H,10H2,1-3H3. The van der Waals surface area contributed by atoms with Gasteiger partial charge in [0, 0.05) is 17.6 Å². The van der Waals surface area contributed by atoms with Crippen molar-refractivity contribution in [1.82, 2.24) is 9.88 Å². The fourth-order valence-corrected chi connectivity index (χ4v) is 2.52. The molecule has 1 atom stereocenters. The molecule has 0 radical (unpaired) electrons. The third-order valence-electron chi connectivity index (χ3n) is 3.11. The minimum absolute atomic E-state index is 0.337. The number of hydrogen-bond acceptors (Lipinski definition) is 4. The highest BCUT2D eigenvalue weighted by Crippen LogP contribution is 2.24. The lowest BCUT2D eigenvalue weighted by atomic mass is 10.1. The van der Waals surface area contributed by atoms with Gasteiger partial charge in [-0.15, -0.1) is 11.3 Å². The van der Waals surface area contributed by atoms with Gasteiger partial charge in [-0.2, -0.15) is 0 Å². The molecule has 96 valence electrons. The van der Waals surface area contributed by atoms with Crippen LogP contribution in [0, 0.1) is 0 Å². The summed E-state index contributed by atoms with van der Waals surface area (Å²) in [4.78, 5) is 6.60. The number of ether oxygens (including phenoxy) is 1. The Labute approximate surface area is 112 Å². The number of nitrogens with zero attached hydrogens (tertiary/aromatic N) is 2. The molecule has 0 aliphatic rings. The molecule has 18 heavy (non-hydrogen) atoms. The van der Waals surface area contributed by atoms with E-state index in [9.17, 15) is 0 Å². The number of rotatable bonds is 5. The van der Waals surface area contributed by atoms with Gasteiger partial charge in [0.25, 0.3) is 0 Å². The average molecular weight is 262 g/mol. The van der Waals surface area contributed by atoms with E-state index in [-0.39, 0.29) is 0 Å². The normalized spacial score (nSPS) is 12.7. The summed E-state index contributed by atoms with van der Waals surface area (Å²) in [6, 6.07) is 8.55. The zero-order chi connectivity index (χ0) is 13.0. The first-order valence-corrected chi connectivity index (χ1v) is 6.81. The Kier molecular flexibility index (Phi) is 4.33. The van der Waals surface area contributed by atoms with Gasteiger partial charge in [0.2, 0.25) is 0 Å². The van der Waals surface area contributed by atoms with Crippen LogP contribution in [0.2, 0.25) is 0 Å². The molecule has 0 bridgehead atoms. The Morgan fingerprint density at radius 2 is 2.28 bits per heavy atom. The molecule has 0 saturated carbocycles. The van der Waals surface area contributed by atoms with Gasteiger partial charge in [-0.3, -0.25) is 4.90 Å². The number of benzene rings is 1. The lowest BCUT2D eigenvalue weighted by Crippen LogP contribution is -2.21. The fraction of sp³-hybridized carbons (Fsp3) is 0.357. The van der Waals surface area contributed by atoms with Crippen LogP contribution in [-0.2, 0) is 6.54 Å². The minimum atomic E-state index is 0.337. The van der Waals surface area contributed by atoms with Crippen LogP contribution in [0.3, 0.4) is 0 Å². The molecule has 0 amide bonds. The molecule has 2 aromatic rings. The summed E-state index contributed by atoms with van der Waals surface area (Å²) in [5.74, 6) is 0.905. The average Bonchev–Trinajstić information content (AvgIpc) is 2.90. The zero-order valence-corrected chi connectivity index (χ0v) is 11.8. The number of aromatic nitrogens is 1. The highest BCUT2D eigenvalue weighted by molar-refractivity contribution is 7.09. The van der Waals surface area contributed by atoms with Gasteiger partial charge in [0.15, 0.2) is 0 Å². The van der Waals surface area contributed by atoms with Gasteiger partial charge in [0.05, 0.1) is 13.7 Å². The van der Waals surface area contributed by atoms with E-state index in [1.807, 2.05) is 23.7 Å². The van der Waals surface area contributed by atoms with Gasteiger partial charge in [0.1, 0.15) is 10.8 Å². The summed E-state index contributed by atoms with van der Waals surface area (Å²) in [5, 5.41) is 3.16. The Bertz CT molecular complexity index is 484. The van der Waals surface area contributed by atoms with Crippen molar-refractivity contribution in [2.75, 3.05) is 14.2 Å². The molecule has 1 unspecified atom stereocenters. The quantitative estimate of drug-likeness (QED) is 0.826. The van der Waals surface area contributed by atoms with Crippen LogP contribution >= 0.6 is 11.3 Å². The fourth-order valence-electron chi connectivity index (χ4n) is 1.84. The Morgan fingerprint density at radius 1 is 1.44 bits per heavy atom. The van der Waals surface area contributed by atoms with Gasteiger partial charge >= 0.3 is 0 Å². The van der Waals surface area contributed by atoms with Crippen LogP contribution < -0.4 is 4.74 Å². The third-order valence-corrected chi connectivity index (χ3v) is 3.87. The van der Waals surface area contributed by atoms with Gasteiger partial charge in [-0.05, 0) is 31.7 Å². The second kappa shape index (κ2) is 5.98. The van der Waals surface area contributed by atoms with Crippen LogP contribution in [0.5, 0.6) is 5.75 Å². The largest absolute Gasteiger partial charge is 0.497 e. The van der Waals surface area contributed by atoms with Crippen molar-refractivity contribution in [1.29, 1.82) is 0 Å². The van der Waals surface area contributed by atoms with E-state index in [4.69, 9.17) is 4.74 Å². The number of hydrogen-bond donors (Lipinski definition) is 0. The van der Waals surface area contributed by atoms with E-state index >= 15 is 0 Å². The SMILES string of the molecule is COc1cccc(C(C)N(C)Cc2nccs2)c1. The van der Waals surface area contributed by atoms with Crippen LogP contribution in [0.25, 0.3) is 0 Å². The summed E-state index contributed by atoms with van der Waals surface area (Å²) in [7, 11) is 3.81. The summed E-state index contributed by atoms with van der Waals surface area (Å²) in [6.07, 6.45) is 1.85. The number of thiazole rings is 1. The maximum absolute atomic E-state index is 5.26. The molecule has 0 saturated heterocycles. The first kappa shape index (κ1) is 13.1. The van der Waals surface area contributed by atoms with Crippen molar-refractivity contribution in [3.05, 3.63) is 46.4 Å². The van der Waals surface area contributed by atoms with E-state index in [0.29, 0.717) is 6.04 Å². The van der Waals surface area contributed by atoms with E-state index in [1.54, 1.807) is 18.4 Å². The summed E-state index contributed by atoms with van der Waals surface area (Å²) in [5.41, 5.74) is 1.26. The molecule has 0 aliphatic heterocycles. The topological polar surface area (TPSA) is 25.4 Å². The summed E-state index contributed by atoms with van der Waals surface area (Å²) in [6.45, 7) is 3.07. The second-order valence-electron chi connectivity index (χ2n) is 4.29. The van der Waals surface area contributed by atoms with Crippen LogP contribution in [0.1, 0.15) is 23.5 Å². The van der Waals surface area contributed by atoms with Crippen molar-refractivity contribution in [2.45, 2.75) is 19.5 Å². The summed E-state index contributed by atoms with van der Waals surface area (Å²) >= 11 is 1.69. The minimum Gasteiger partial charge on any atom is -0.497 e. The van der Waals surface area contributed by atoms with Crippen LogP contribution in [0.4, 0.5) is 0 Å². The van der Waals surface area contributed by atoms with E-state index in [1.165, 1.54) is 5.56 Å². The Hall–Kier alpha value is -1.39. The molecular formula is C14H18N2OS. The first-order valence-electron chi connectivity index (χ1n) is 5.93. The van der Waals surface area contributed by atoms with Crippen molar-refractivity contribution >= 4 is 11.3 Å². The molecule has 2 rings (SSSR count). The van der Waals surface area contributed by atoms with Gasteiger partial charge in [-0.25, -0.2) is 4.98 Å². The predicted octanol–water partition coefficient (Wildman–Crippen LogP) is 3.34. The van der Waals surface area contributed by atoms with Gasteiger partial charge < -0.3 is 4.74 Å². The highest BCUT2D eigenvalue weighted by atomic mass is 32.1. The molecule has 0 aliphatic carbocycles. The predicted molar refractivity (Wildman–Crippen MR) is 75.0 cm³/mol. The lowest BCUT2D eigenvalue weighted by Gasteiger charge is -2.24. The third kappa shape index (κ3) is 3.09. The van der Waals surface area contributed by atoms with E-state index in [0.717, 1.165) is 17.3 Å². The first-order chi connectivity index (χ1) is 8.70. The molecule has 4 heteroatoms. The molecule has 1 aromatic carbocycles. The molecule has 1 heterocycles. The molecule has 0 N–H and O–H groups in total. The molecule has 3 nitrogen and oxygen atoms in total. The second-order valence-corrected chi connectivity index (χ2v) is 5.27. The highest BCUT2D eigenvalue weighted by Gasteiger charge is 2.13.